The Kier molecular flexibility index (Phi) is 3.84. The molecule has 0 spiro atoms. The van der Waals surface area contributed by atoms with Crippen LogP contribution in [-0.2, 0) is 6.54 Å². The Hall–Kier alpha value is -3.09. The van der Waals surface area contributed by atoms with E-state index in [0.29, 0.717) is 17.1 Å². The second kappa shape index (κ2) is 5.96. The first kappa shape index (κ1) is 14.8. The monoisotopic (exact) mass is 314 g/mol. The quantitative estimate of drug-likeness (QED) is 0.692. The molecule has 1 N–H and O–H groups in total. The average molecular weight is 314 g/mol. The molecule has 1 aliphatic heterocycles. The Labute approximate surface area is 132 Å². The lowest BCUT2D eigenvalue weighted by Crippen LogP contribution is -2.22. The summed E-state index contributed by atoms with van der Waals surface area (Å²) in [6.45, 7) is 2.11. The highest BCUT2D eigenvalue weighted by Gasteiger charge is 2.16. The summed E-state index contributed by atoms with van der Waals surface area (Å²) in [5.41, 5.74) is 1.55. The van der Waals surface area contributed by atoms with Crippen molar-refractivity contribution in [3.8, 4) is 11.5 Å². The first-order valence-corrected chi connectivity index (χ1v) is 6.96. The highest BCUT2D eigenvalue weighted by atomic mass is 16.7. The van der Waals surface area contributed by atoms with E-state index in [1.54, 1.807) is 31.2 Å². The van der Waals surface area contributed by atoms with Crippen LogP contribution in [0.1, 0.15) is 21.5 Å². The normalized spacial score (nSPS) is 12.0. The van der Waals surface area contributed by atoms with Crippen molar-refractivity contribution >= 4 is 11.6 Å². The number of nitro groups is 1. The molecule has 0 saturated carbocycles. The van der Waals surface area contributed by atoms with Crippen LogP contribution in [0.15, 0.2) is 36.4 Å². The fourth-order valence-corrected chi connectivity index (χ4v) is 2.28. The summed E-state index contributed by atoms with van der Waals surface area (Å²) < 4.78 is 10.5. The summed E-state index contributed by atoms with van der Waals surface area (Å²) in [5, 5.41) is 13.7. The molecule has 118 valence electrons. The van der Waals surface area contributed by atoms with Crippen LogP contribution >= 0.6 is 0 Å². The second-order valence-electron chi connectivity index (χ2n) is 5.13. The average Bonchev–Trinajstić information content (AvgIpc) is 3.00. The van der Waals surface area contributed by atoms with Crippen LogP contribution in [0.25, 0.3) is 0 Å². The lowest BCUT2D eigenvalue weighted by Gasteiger charge is -2.07. The number of nitrogens with zero attached hydrogens (tertiary/aromatic N) is 1. The van der Waals surface area contributed by atoms with Gasteiger partial charge in [-0.05, 0) is 30.7 Å². The van der Waals surface area contributed by atoms with Gasteiger partial charge in [0.1, 0.15) is 0 Å². The number of aryl methyl sites for hydroxylation is 1. The molecule has 0 unspecified atom stereocenters. The maximum absolute atomic E-state index is 12.1. The molecular formula is C16H14N2O5. The molecule has 0 radical (unpaired) electrons. The van der Waals surface area contributed by atoms with Crippen molar-refractivity contribution in [2.24, 2.45) is 0 Å². The number of rotatable bonds is 4. The summed E-state index contributed by atoms with van der Waals surface area (Å²) in [6, 6.07) is 9.81. The van der Waals surface area contributed by atoms with E-state index in [9.17, 15) is 14.9 Å². The Morgan fingerprint density at radius 1 is 1.22 bits per heavy atom. The van der Waals surface area contributed by atoms with E-state index in [1.165, 1.54) is 6.07 Å². The van der Waals surface area contributed by atoms with Gasteiger partial charge in [0.05, 0.1) is 4.92 Å². The number of benzene rings is 2. The number of hydrogen-bond acceptors (Lipinski definition) is 5. The molecule has 23 heavy (non-hydrogen) atoms. The van der Waals surface area contributed by atoms with Crippen molar-refractivity contribution in [1.82, 2.24) is 5.32 Å². The lowest BCUT2D eigenvalue weighted by atomic mass is 10.1. The van der Waals surface area contributed by atoms with Crippen LogP contribution in [0.5, 0.6) is 11.5 Å². The Bertz CT molecular complexity index is 788. The van der Waals surface area contributed by atoms with E-state index in [2.05, 4.69) is 5.32 Å². The Morgan fingerprint density at radius 2 is 2.00 bits per heavy atom. The predicted octanol–water partition coefficient (Wildman–Crippen LogP) is 2.56. The van der Waals surface area contributed by atoms with Gasteiger partial charge in [-0.25, -0.2) is 0 Å². The SMILES string of the molecule is Cc1ccc(C(=O)NCc2ccc3c(c2)OCO3)cc1[N+](=O)[O-]. The molecule has 2 aromatic rings. The minimum absolute atomic E-state index is 0.0688. The smallest absolute Gasteiger partial charge is 0.273 e. The third-order valence-corrected chi connectivity index (χ3v) is 3.56. The van der Waals surface area contributed by atoms with Gasteiger partial charge in [0.2, 0.25) is 6.79 Å². The van der Waals surface area contributed by atoms with Crippen LogP contribution in [0.4, 0.5) is 5.69 Å². The summed E-state index contributed by atoms with van der Waals surface area (Å²) in [4.78, 5) is 22.6. The van der Waals surface area contributed by atoms with Crippen LogP contribution < -0.4 is 14.8 Å². The first-order chi connectivity index (χ1) is 11.0. The van der Waals surface area contributed by atoms with Crippen molar-refractivity contribution in [3.63, 3.8) is 0 Å². The number of amides is 1. The zero-order chi connectivity index (χ0) is 16.4. The van der Waals surface area contributed by atoms with Gasteiger partial charge in [-0.15, -0.1) is 0 Å². The topological polar surface area (TPSA) is 90.7 Å². The number of nitrogens with one attached hydrogen (secondary N) is 1. The number of fused-ring (bicyclic) bond motifs is 1. The summed E-state index contributed by atoms with van der Waals surface area (Å²) in [5.74, 6) is 0.947. The molecule has 0 aromatic heterocycles. The summed E-state index contributed by atoms with van der Waals surface area (Å²) >= 11 is 0. The molecule has 3 rings (SSSR count). The van der Waals surface area contributed by atoms with E-state index in [0.717, 1.165) is 5.56 Å². The number of hydrogen-bond donors (Lipinski definition) is 1. The van der Waals surface area contributed by atoms with Gasteiger partial charge in [-0.1, -0.05) is 12.1 Å². The van der Waals surface area contributed by atoms with Crippen LogP contribution in [0.2, 0.25) is 0 Å². The van der Waals surface area contributed by atoms with E-state index in [4.69, 9.17) is 9.47 Å². The molecule has 7 heteroatoms. The molecule has 1 aliphatic rings. The third-order valence-electron chi connectivity index (χ3n) is 3.56. The minimum atomic E-state index is -0.496. The number of carbonyl (C=O) groups excluding carboxylic acids is 1. The first-order valence-electron chi connectivity index (χ1n) is 6.96. The van der Waals surface area contributed by atoms with Gasteiger partial charge >= 0.3 is 0 Å². The van der Waals surface area contributed by atoms with Gasteiger partial charge in [0.25, 0.3) is 11.6 Å². The van der Waals surface area contributed by atoms with Crippen molar-refractivity contribution in [3.05, 3.63) is 63.2 Å². The summed E-state index contributed by atoms with van der Waals surface area (Å²) in [7, 11) is 0. The van der Waals surface area contributed by atoms with Gasteiger partial charge < -0.3 is 14.8 Å². The highest BCUT2D eigenvalue weighted by molar-refractivity contribution is 5.94. The van der Waals surface area contributed by atoms with Gasteiger partial charge in [-0.2, -0.15) is 0 Å². The molecule has 2 aromatic carbocycles. The molecule has 1 heterocycles. The van der Waals surface area contributed by atoms with E-state index in [1.807, 2.05) is 6.07 Å². The fourth-order valence-electron chi connectivity index (χ4n) is 2.28. The van der Waals surface area contributed by atoms with Crippen molar-refractivity contribution < 1.29 is 19.2 Å². The van der Waals surface area contributed by atoms with Crippen molar-refractivity contribution in [1.29, 1.82) is 0 Å². The number of carbonyl (C=O) groups is 1. The second-order valence-corrected chi connectivity index (χ2v) is 5.13. The zero-order valence-electron chi connectivity index (χ0n) is 12.4. The number of ether oxygens (including phenoxy) is 2. The Balaban J connectivity index is 1.70. The standard InChI is InChI=1S/C16H14N2O5/c1-10-2-4-12(7-13(10)18(20)21)16(19)17-8-11-3-5-14-15(6-11)23-9-22-14/h2-7H,8-9H2,1H3,(H,17,19). The zero-order valence-corrected chi connectivity index (χ0v) is 12.4. The lowest BCUT2D eigenvalue weighted by molar-refractivity contribution is -0.385. The maximum Gasteiger partial charge on any atom is 0.273 e. The predicted molar refractivity (Wildman–Crippen MR) is 81.6 cm³/mol. The van der Waals surface area contributed by atoms with E-state index < -0.39 is 4.92 Å². The molecule has 0 aliphatic carbocycles. The molecular weight excluding hydrogens is 300 g/mol. The molecule has 0 saturated heterocycles. The maximum atomic E-state index is 12.1. The molecule has 0 fully saturated rings. The van der Waals surface area contributed by atoms with Crippen LogP contribution in [0, 0.1) is 17.0 Å². The van der Waals surface area contributed by atoms with Gasteiger partial charge in [0, 0.05) is 23.7 Å². The van der Waals surface area contributed by atoms with Crippen LogP contribution in [-0.4, -0.2) is 17.6 Å². The Morgan fingerprint density at radius 3 is 2.78 bits per heavy atom. The minimum Gasteiger partial charge on any atom is -0.454 e. The highest BCUT2D eigenvalue weighted by Crippen LogP contribution is 2.32. The number of nitro benzene ring substituents is 1. The molecule has 1 amide bonds. The molecule has 0 bridgehead atoms. The van der Waals surface area contributed by atoms with Crippen molar-refractivity contribution in [2.75, 3.05) is 6.79 Å². The summed E-state index contributed by atoms with van der Waals surface area (Å²) in [6.07, 6.45) is 0. The largest absolute Gasteiger partial charge is 0.454 e. The van der Waals surface area contributed by atoms with Gasteiger partial charge in [-0.3, -0.25) is 14.9 Å². The molecule has 0 atom stereocenters. The van der Waals surface area contributed by atoms with E-state index in [-0.39, 0.29) is 30.5 Å². The molecule has 7 nitrogen and oxygen atoms in total. The van der Waals surface area contributed by atoms with E-state index >= 15 is 0 Å². The van der Waals surface area contributed by atoms with Crippen molar-refractivity contribution in [2.45, 2.75) is 13.5 Å². The van der Waals surface area contributed by atoms with Crippen LogP contribution in [0.3, 0.4) is 0 Å². The fraction of sp³-hybridized carbons (Fsp3) is 0.188. The van der Waals surface area contributed by atoms with Gasteiger partial charge in [0.15, 0.2) is 11.5 Å². The third kappa shape index (κ3) is 3.08.